The van der Waals surface area contributed by atoms with Crippen LogP contribution in [-0.4, -0.2) is 31.8 Å². The molecular formula is C26H23FN6O. The average molecular weight is 455 g/mol. The van der Waals surface area contributed by atoms with E-state index in [1.807, 2.05) is 54.9 Å². The van der Waals surface area contributed by atoms with Crippen LogP contribution < -0.4 is 10.1 Å². The maximum atomic E-state index is 14.4. The Morgan fingerprint density at radius 1 is 0.971 bits per heavy atom. The van der Waals surface area contributed by atoms with Crippen molar-refractivity contribution in [2.45, 2.75) is 20.4 Å². The lowest BCUT2D eigenvalue weighted by molar-refractivity contribution is 0.414. The summed E-state index contributed by atoms with van der Waals surface area (Å²) in [7, 11) is 1.65. The van der Waals surface area contributed by atoms with Gasteiger partial charge in [0.05, 0.1) is 31.2 Å². The van der Waals surface area contributed by atoms with Crippen LogP contribution in [0.3, 0.4) is 0 Å². The zero-order valence-electron chi connectivity index (χ0n) is 19.1. The van der Waals surface area contributed by atoms with E-state index in [4.69, 9.17) is 4.74 Å². The van der Waals surface area contributed by atoms with Crippen molar-refractivity contribution in [3.63, 3.8) is 0 Å². The number of benzene rings is 1. The number of nitrogens with one attached hydrogen (secondary N) is 1. The van der Waals surface area contributed by atoms with Gasteiger partial charge in [-0.2, -0.15) is 5.10 Å². The number of aryl methyl sites for hydroxylation is 2. The maximum absolute atomic E-state index is 14.4. The normalized spacial score (nSPS) is 11.1. The fraction of sp³-hybridized carbons (Fsp3) is 0.154. The SMILES string of the molecule is COc1ccc(Cn2ncc3nccc(Nc4cc(-c5nc(C)ccc5F)ncc4C)c32)cc1. The van der Waals surface area contributed by atoms with Gasteiger partial charge in [-0.05, 0) is 61.4 Å². The summed E-state index contributed by atoms with van der Waals surface area (Å²) in [5.74, 6) is 0.401. The quantitative estimate of drug-likeness (QED) is 0.368. The van der Waals surface area contributed by atoms with Gasteiger partial charge in [-0.3, -0.25) is 14.6 Å². The minimum atomic E-state index is -0.406. The highest BCUT2D eigenvalue weighted by molar-refractivity contribution is 5.90. The monoisotopic (exact) mass is 454 g/mol. The number of halogens is 1. The van der Waals surface area contributed by atoms with Crippen molar-refractivity contribution in [2.75, 3.05) is 12.4 Å². The summed E-state index contributed by atoms with van der Waals surface area (Å²) >= 11 is 0. The van der Waals surface area contributed by atoms with Crippen LogP contribution in [-0.2, 0) is 6.54 Å². The summed E-state index contributed by atoms with van der Waals surface area (Å²) < 4.78 is 21.6. The lowest BCUT2D eigenvalue weighted by Gasteiger charge is -2.14. The van der Waals surface area contributed by atoms with Crippen molar-refractivity contribution in [3.05, 3.63) is 89.8 Å². The summed E-state index contributed by atoms with van der Waals surface area (Å²) in [6, 6.07) is 14.7. The van der Waals surface area contributed by atoms with E-state index in [0.29, 0.717) is 12.2 Å². The number of anilines is 2. The number of nitrogens with zero attached hydrogens (tertiary/aromatic N) is 5. The standard InChI is InChI=1S/C26H23FN6O/c1-16-13-29-23(25-20(27)9-4-17(2)31-25)12-22(16)32-21-10-11-28-24-14-30-33(26(21)24)15-18-5-7-19(34-3)8-6-18/h4-14H,15H2,1-3H3,(H,28,29,32). The molecule has 0 spiro atoms. The minimum Gasteiger partial charge on any atom is -0.497 e. The molecule has 8 heteroatoms. The van der Waals surface area contributed by atoms with E-state index < -0.39 is 5.82 Å². The number of methoxy groups -OCH3 is 1. The lowest BCUT2D eigenvalue weighted by Crippen LogP contribution is -2.04. The molecule has 0 fully saturated rings. The Bertz CT molecular complexity index is 1480. The lowest BCUT2D eigenvalue weighted by atomic mass is 10.1. The fourth-order valence-electron chi connectivity index (χ4n) is 3.79. The smallest absolute Gasteiger partial charge is 0.151 e. The van der Waals surface area contributed by atoms with Gasteiger partial charge >= 0.3 is 0 Å². The van der Waals surface area contributed by atoms with Crippen molar-refractivity contribution >= 4 is 22.4 Å². The zero-order valence-corrected chi connectivity index (χ0v) is 19.1. The molecule has 7 nitrogen and oxygen atoms in total. The van der Waals surface area contributed by atoms with Crippen molar-refractivity contribution < 1.29 is 9.13 Å². The molecule has 0 aliphatic carbocycles. The maximum Gasteiger partial charge on any atom is 0.151 e. The second-order valence-corrected chi connectivity index (χ2v) is 8.04. The summed E-state index contributed by atoms with van der Waals surface area (Å²) in [6.07, 6.45) is 5.21. The van der Waals surface area contributed by atoms with Gasteiger partial charge in [-0.25, -0.2) is 9.37 Å². The molecule has 1 aromatic carbocycles. The van der Waals surface area contributed by atoms with Gasteiger partial charge in [0.15, 0.2) is 5.82 Å². The molecule has 0 aliphatic heterocycles. The highest BCUT2D eigenvalue weighted by Crippen LogP contribution is 2.30. The van der Waals surface area contributed by atoms with Crippen molar-refractivity contribution in [2.24, 2.45) is 0 Å². The summed E-state index contributed by atoms with van der Waals surface area (Å²) in [5.41, 5.74) is 6.72. The number of rotatable bonds is 6. The average Bonchev–Trinajstić information content (AvgIpc) is 3.26. The van der Waals surface area contributed by atoms with Crippen LogP contribution in [0.1, 0.15) is 16.8 Å². The first-order valence-corrected chi connectivity index (χ1v) is 10.8. The number of hydrogen-bond donors (Lipinski definition) is 1. The summed E-state index contributed by atoms with van der Waals surface area (Å²) in [6.45, 7) is 4.35. The van der Waals surface area contributed by atoms with Gasteiger partial charge in [0.25, 0.3) is 0 Å². The highest BCUT2D eigenvalue weighted by Gasteiger charge is 2.14. The molecule has 0 saturated heterocycles. The van der Waals surface area contributed by atoms with Crippen LogP contribution in [0.25, 0.3) is 22.4 Å². The molecule has 0 saturated carbocycles. The van der Waals surface area contributed by atoms with Gasteiger partial charge < -0.3 is 10.1 Å². The van der Waals surface area contributed by atoms with Crippen LogP contribution in [0.4, 0.5) is 15.8 Å². The molecule has 170 valence electrons. The molecule has 5 aromatic rings. The molecule has 0 atom stereocenters. The van der Waals surface area contributed by atoms with Gasteiger partial charge in [0.1, 0.15) is 22.5 Å². The molecule has 0 bridgehead atoms. The largest absolute Gasteiger partial charge is 0.497 e. The zero-order chi connectivity index (χ0) is 23.7. The molecule has 5 rings (SSSR count). The van der Waals surface area contributed by atoms with Crippen LogP contribution in [0.15, 0.2) is 67.1 Å². The third-order valence-corrected chi connectivity index (χ3v) is 5.62. The highest BCUT2D eigenvalue weighted by atomic mass is 19.1. The van der Waals surface area contributed by atoms with Crippen molar-refractivity contribution in [1.82, 2.24) is 24.7 Å². The molecule has 4 heterocycles. The first-order chi connectivity index (χ1) is 16.5. The van der Waals surface area contributed by atoms with Gasteiger partial charge in [-0.1, -0.05) is 12.1 Å². The van der Waals surface area contributed by atoms with E-state index in [1.165, 1.54) is 6.07 Å². The second-order valence-electron chi connectivity index (χ2n) is 8.04. The molecule has 34 heavy (non-hydrogen) atoms. The van der Waals surface area contributed by atoms with Gasteiger partial charge in [-0.15, -0.1) is 0 Å². The van der Waals surface area contributed by atoms with Crippen molar-refractivity contribution in [1.29, 1.82) is 0 Å². The summed E-state index contributed by atoms with van der Waals surface area (Å²) in [4.78, 5) is 13.2. The van der Waals surface area contributed by atoms with E-state index in [0.717, 1.165) is 45.0 Å². The van der Waals surface area contributed by atoms with Gasteiger partial charge in [0, 0.05) is 23.8 Å². The number of hydrogen-bond acceptors (Lipinski definition) is 6. The molecule has 4 aromatic heterocycles. The first-order valence-electron chi connectivity index (χ1n) is 10.8. The molecule has 0 unspecified atom stereocenters. The molecule has 0 radical (unpaired) electrons. The van der Waals surface area contributed by atoms with E-state index >= 15 is 0 Å². The van der Waals surface area contributed by atoms with E-state index in [2.05, 4.69) is 25.4 Å². The van der Waals surface area contributed by atoms with E-state index in [9.17, 15) is 4.39 Å². The molecule has 0 amide bonds. The molecular weight excluding hydrogens is 431 g/mol. The third kappa shape index (κ3) is 4.17. The Labute approximate surface area is 196 Å². The third-order valence-electron chi connectivity index (χ3n) is 5.62. The molecule has 0 aliphatic rings. The van der Waals surface area contributed by atoms with Gasteiger partial charge in [0.2, 0.25) is 0 Å². The fourth-order valence-corrected chi connectivity index (χ4v) is 3.79. The van der Waals surface area contributed by atoms with Crippen LogP contribution in [0.5, 0.6) is 5.75 Å². The second kappa shape index (κ2) is 8.90. The van der Waals surface area contributed by atoms with Crippen LogP contribution in [0.2, 0.25) is 0 Å². The Kier molecular flexibility index (Phi) is 5.63. The number of pyridine rings is 3. The predicted molar refractivity (Wildman–Crippen MR) is 130 cm³/mol. The predicted octanol–water partition coefficient (Wildman–Crippen LogP) is 5.44. The number of aromatic nitrogens is 5. The first kappa shape index (κ1) is 21.5. The number of ether oxygens (including phenoxy) is 1. The summed E-state index contributed by atoms with van der Waals surface area (Å²) in [5, 5.41) is 8.03. The number of fused-ring (bicyclic) bond motifs is 1. The topological polar surface area (TPSA) is 77.8 Å². The Balaban J connectivity index is 1.52. The Hall–Kier alpha value is -4.33. The van der Waals surface area contributed by atoms with Crippen LogP contribution in [0, 0.1) is 19.7 Å². The van der Waals surface area contributed by atoms with E-state index in [-0.39, 0.29) is 5.69 Å². The molecule has 1 N–H and O–H groups in total. The minimum absolute atomic E-state index is 0.229. The Morgan fingerprint density at radius 2 is 1.79 bits per heavy atom. The van der Waals surface area contributed by atoms with E-state index in [1.54, 1.807) is 31.8 Å². The Morgan fingerprint density at radius 3 is 2.59 bits per heavy atom. The van der Waals surface area contributed by atoms with Crippen LogP contribution >= 0.6 is 0 Å². The van der Waals surface area contributed by atoms with Crippen molar-refractivity contribution in [3.8, 4) is 17.1 Å².